The van der Waals surface area contributed by atoms with Crippen molar-refractivity contribution < 1.29 is 14.3 Å². The van der Waals surface area contributed by atoms with E-state index in [0.29, 0.717) is 11.1 Å². The quantitative estimate of drug-likeness (QED) is 0.878. The molecule has 18 heavy (non-hydrogen) atoms. The molecule has 2 aromatic carbocycles. The van der Waals surface area contributed by atoms with Gasteiger partial charge in [-0.1, -0.05) is 12.1 Å². The van der Waals surface area contributed by atoms with E-state index in [1.165, 1.54) is 36.4 Å². The molecule has 0 atom stereocenters. The van der Waals surface area contributed by atoms with Gasteiger partial charge in [0.2, 0.25) is 0 Å². The van der Waals surface area contributed by atoms with Gasteiger partial charge in [-0.05, 0) is 41.5 Å². The minimum absolute atomic E-state index is 0.00770. The fourth-order valence-corrected chi connectivity index (χ4v) is 1.65. The average Bonchev–Trinajstić information content (AvgIpc) is 2.38. The highest BCUT2D eigenvalue weighted by atomic mass is 19.1. The van der Waals surface area contributed by atoms with E-state index in [0.717, 1.165) is 0 Å². The van der Waals surface area contributed by atoms with E-state index >= 15 is 0 Å². The Bertz CT molecular complexity index is 659. The molecule has 0 radical (unpaired) electrons. The fraction of sp³-hybridized carbons (Fsp3) is 0. The maximum atomic E-state index is 13.1. The van der Waals surface area contributed by atoms with Crippen molar-refractivity contribution in [1.29, 1.82) is 5.26 Å². The molecule has 2 aromatic rings. The molecule has 0 fully saturated rings. The van der Waals surface area contributed by atoms with Crippen molar-refractivity contribution in [1.82, 2.24) is 0 Å². The topological polar surface area (TPSA) is 61.1 Å². The lowest BCUT2D eigenvalue weighted by Gasteiger charge is -2.04. The standard InChI is InChI=1S/C14H8FNO2/c15-13-3-1-2-10(7-13)11-4-9(8-16)5-12(6-11)14(17)18/h1-7H,(H,17,18). The van der Waals surface area contributed by atoms with Crippen LogP contribution in [0.3, 0.4) is 0 Å². The predicted octanol–water partition coefficient (Wildman–Crippen LogP) is 3.06. The highest BCUT2D eigenvalue weighted by Crippen LogP contribution is 2.23. The lowest BCUT2D eigenvalue weighted by Crippen LogP contribution is -1.97. The summed E-state index contributed by atoms with van der Waals surface area (Å²) >= 11 is 0. The SMILES string of the molecule is N#Cc1cc(C(=O)O)cc(-c2cccc(F)c2)c1. The van der Waals surface area contributed by atoms with Gasteiger partial charge in [-0.2, -0.15) is 5.26 Å². The minimum Gasteiger partial charge on any atom is -0.478 e. The van der Waals surface area contributed by atoms with Gasteiger partial charge in [0, 0.05) is 0 Å². The number of aromatic carboxylic acids is 1. The summed E-state index contributed by atoms with van der Waals surface area (Å²) in [5.41, 5.74) is 1.28. The summed E-state index contributed by atoms with van der Waals surface area (Å²) in [5, 5.41) is 17.8. The summed E-state index contributed by atoms with van der Waals surface area (Å²) in [6.07, 6.45) is 0. The highest BCUT2D eigenvalue weighted by molar-refractivity contribution is 5.90. The number of hydrogen-bond acceptors (Lipinski definition) is 2. The Balaban J connectivity index is 2.61. The van der Waals surface area contributed by atoms with Crippen molar-refractivity contribution in [3.05, 3.63) is 59.4 Å². The van der Waals surface area contributed by atoms with E-state index in [-0.39, 0.29) is 11.1 Å². The second-order valence-corrected chi connectivity index (χ2v) is 3.73. The zero-order chi connectivity index (χ0) is 13.1. The maximum Gasteiger partial charge on any atom is 0.335 e. The van der Waals surface area contributed by atoms with Gasteiger partial charge >= 0.3 is 5.97 Å². The van der Waals surface area contributed by atoms with E-state index < -0.39 is 11.8 Å². The van der Waals surface area contributed by atoms with Gasteiger partial charge in [-0.25, -0.2) is 9.18 Å². The fourth-order valence-electron chi connectivity index (χ4n) is 1.65. The Morgan fingerprint density at radius 2 is 1.94 bits per heavy atom. The Labute approximate surface area is 103 Å². The summed E-state index contributed by atoms with van der Waals surface area (Å²) in [4.78, 5) is 10.9. The number of carboxylic acids is 1. The number of carboxylic acid groups (broad SMARTS) is 1. The lowest BCUT2D eigenvalue weighted by molar-refractivity contribution is 0.0697. The molecule has 0 unspecified atom stereocenters. The van der Waals surface area contributed by atoms with Crippen LogP contribution in [0.25, 0.3) is 11.1 Å². The van der Waals surface area contributed by atoms with Crippen molar-refractivity contribution in [3.8, 4) is 17.2 Å². The van der Waals surface area contributed by atoms with Crippen LogP contribution in [0.4, 0.5) is 4.39 Å². The molecule has 88 valence electrons. The number of halogens is 1. The van der Waals surface area contributed by atoms with E-state index in [4.69, 9.17) is 10.4 Å². The van der Waals surface area contributed by atoms with Crippen molar-refractivity contribution in [2.75, 3.05) is 0 Å². The molecule has 0 amide bonds. The van der Waals surface area contributed by atoms with Gasteiger partial charge in [-0.3, -0.25) is 0 Å². The van der Waals surface area contributed by atoms with Gasteiger partial charge < -0.3 is 5.11 Å². The molecule has 2 rings (SSSR count). The molecule has 3 nitrogen and oxygen atoms in total. The Kier molecular flexibility index (Phi) is 3.07. The number of carbonyl (C=O) groups is 1. The zero-order valence-electron chi connectivity index (χ0n) is 9.22. The van der Waals surface area contributed by atoms with Crippen molar-refractivity contribution in [2.45, 2.75) is 0 Å². The van der Waals surface area contributed by atoms with Gasteiger partial charge in [0.05, 0.1) is 17.2 Å². The Morgan fingerprint density at radius 3 is 2.56 bits per heavy atom. The first kappa shape index (κ1) is 11.8. The molecule has 4 heteroatoms. The monoisotopic (exact) mass is 241 g/mol. The smallest absolute Gasteiger partial charge is 0.335 e. The summed E-state index contributed by atoms with van der Waals surface area (Å²) < 4.78 is 13.1. The number of rotatable bonds is 2. The molecule has 0 saturated carbocycles. The molecule has 0 aliphatic carbocycles. The number of hydrogen-bond donors (Lipinski definition) is 1. The van der Waals surface area contributed by atoms with Crippen LogP contribution < -0.4 is 0 Å². The van der Waals surface area contributed by atoms with E-state index in [2.05, 4.69) is 0 Å². The maximum absolute atomic E-state index is 13.1. The minimum atomic E-state index is -1.12. The number of nitrogens with zero attached hydrogens (tertiary/aromatic N) is 1. The molecule has 0 saturated heterocycles. The molecule has 0 spiro atoms. The molecule has 0 aliphatic heterocycles. The molecule has 0 aromatic heterocycles. The second-order valence-electron chi connectivity index (χ2n) is 3.73. The number of benzene rings is 2. The van der Waals surface area contributed by atoms with Gasteiger partial charge in [0.1, 0.15) is 5.82 Å². The molecule has 0 aliphatic rings. The van der Waals surface area contributed by atoms with E-state index in [9.17, 15) is 9.18 Å². The van der Waals surface area contributed by atoms with Crippen LogP contribution in [0.1, 0.15) is 15.9 Å². The third kappa shape index (κ3) is 2.36. The molecular weight excluding hydrogens is 233 g/mol. The predicted molar refractivity (Wildman–Crippen MR) is 63.5 cm³/mol. The van der Waals surface area contributed by atoms with E-state index in [1.807, 2.05) is 6.07 Å². The van der Waals surface area contributed by atoms with Gasteiger partial charge in [-0.15, -0.1) is 0 Å². The highest BCUT2D eigenvalue weighted by Gasteiger charge is 2.08. The van der Waals surface area contributed by atoms with Crippen LogP contribution in [0, 0.1) is 17.1 Å². The van der Waals surface area contributed by atoms with Gasteiger partial charge in [0.25, 0.3) is 0 Å². The normalized spacial score (nSPS) is 9.78. The first-order valence-electron chi connectivity index (χ1n) is 5.14. The van der Waals surface area contributed by atoms with Crippen LogP contribution in [-0.4, -0.2) is 11.1 Å². The molecular formula is C14H8FNO2. The molecule has 1 N–H and O–H groups in total. The van der Waals surface area contributed by atoms with Crippen LogP contribution in [0.2, 0.25) is 0 Å². The Morgan fingerprint density at radius 1 is 1.17 bits per heavy atom. The van der Waals surface area contributed by atoms with Crippen LogP contribution >= 0.6 is 0 Å². The molecule has 0 heterocycles. The van der Waals surface area contributed by atoms with Gasteiger partial charge in [0.15, 0.2) is 0 Å². The number of nitriles is 1. The first-order chi connectivity index (χ1) is 8.60. The van der Waals surface area contributed by atoms with Crippen molar-refractivity contribution in [3.63, 3.8) is 0 Å². The zero-order valence-corrected chi connectivity index (χ0v) is 9.22. The van der Waals surface area contributed by atoms with E-state index in [1.54, 1.807) is 6.07 Å². The first-order valence-corrected chi connectivity index (χ1v) is 5.14. The lowest BCUT2D eigenvalue weighted by atomic mass is 10.00. The summed E-state index contributed by atoms with van der Waals surface area (Å²) in [5.74, 6) is -1.53. The van der Waals surface area contributed by atoms with Crippen LogP contribution in [0.15, 0.2) is 42.5 Å². The second kappa shape index (κ2) is 4.68. The average molecular weight is 241 g/mol. The van der Waals surface area contributed by atoms with Crippen LogP contribution in [0.5, 0.6) is 0 Å². The Hall–Kier alpha value is -2.67. The van der Waals surface area contributed by atoms with Crippen LogP contribution in [-0.2, 0) is 0 Å². The third-order valence-electron chi connectivity index (χ3n) is 2.47. The van der Waals surface area contributed by atoms with Crippen molar-refractivity contribution in [2.24, 2.45) is 0 Å². The third-order valence-corrected chi connectivity index (χ3v) is 2.47. The summed E-state index contributed by atoms with van der Waals surface area (Å²) in [6, 6.07) is 11.9. The molecule has 0 bridgehead atoms. The summed E-state index contributed by atoms with van der Waals surface area (Å²) in [6.45, 7) is 0. The largest absolute Gasteiger partial charge is 0.478 e. The van der Waals surface area contributed by atoms with Crippen molar-refractivity contribution >= 4 is 5.97 Å². The summed E-state index contributed by atoms with van der Waals surface area (Å²) in [7, 11) is 0.